The zero-order valence-corrected chi connectivity index (χ0v) is 18.7. The van der Waals surface area contributed by atoms with E-state index in [0.717, 1.165) is 61.7 Å². The lowest BCUT2D eigenvalue weighted by Gasteiger charge is -2.41. The first-order chi connectivity index (χ1) is 15.7. The van der Waals surface area contributed by atoms with Crippen molar-refractivity contribution in [2.45, 2.75) is 32.5 Å². The summed E-state index contributed by atoms with van der Waals surface area (Å²) in [5.41, 5.74) is 5.52. The molecule has 1 atom stereocenters. The number of pyridine rings is 1. The van der Waals surface area contributed by atoms with E-state index in [1.54, 1.807) is 0 Å². The molecule has 0 amide bonds. The molecule has 2 aromatic carbocycles. The van der Waals surface area contributed by atoms with Crippen LogP contribution in [0.15, 0.2) is 72.8 Å². The van der Waals surface area contributed by atoms with Gasteiger partial charge in [-0.2, -0.15) is 0 Å². The molecule has 1 aliphatic heterocycles. The molecule has 0 bridgehead atoms. The Kier molecular flexibility index (Phi) is 7.68. The molecule has 0 aliphatic carbocycles. The Labute approximate surface area is 191 Å². The molecule has 1 aromatic heterocycles. The minimum Gasteiger partial charge on any atom is -0.396 e. The second-order valence-corrected chi connectivity index (χ2v) is 8.42. The molecule has 4 nitrogen and oxygen atoms in total. The van der Waals surface area contributed by atoms with Crippen molar-refractivity contribution in [3.05, 3.63) is 101 Å². The van der Waals surface area contributed by atoms with Crippen LogP contribution in [0.3, 0.4) is 0 Å². The summed E-state index contributed by atoms with van der Waals surface area (Å²) in [6, 6.07) is 25.1. The third-order valence-corrected chi connectivity index (χ3v) is 5.99. The summed E-state index contributed by atoms with van der Waals surface area (Å²) in [6.07, 6.45) is 0.776. The minimum absolute atomic E-state index is 0.204. The maximum atomic E-state index is 9.67. The van der Waals surface area contributed by atoms with Crippen molar-refractivity contribution in [2.24, 2.45) is 0 Å². The van der Waals surface area contributed by atoms with E-state index in [-0.39, 0.29) is 6.61 Å². The Hall–Kier alpha value is -2.97. The second-order valence-electron chi connectivity index (χ2n) is 8.42. The van der Waals surface area contributed by atoms with Crippen LogP contribution in [-0.2, 0) is 13.1 Å². The van der Waals surface area contributed by atoms with Crippen LogP contribution in [0.2, 0.25) is 0 Å². The number of hydrogen-bond donors (Lipinski definition) is 1. The maximum Gasteiger partial charge on any atom is 0.0547 e. The van der Waals surface area contributed by atoms with Gasteiger partial charge in [0.2, 0.25) is 0 Å². The van der Waals surface area contributed by atoms with E-state index in [9.17, 15) is 5.11 Å². The van der Waals surface area contributed by atoms with Crippen LogP contribution in [0.25, 0.3) is 0 Å². The molecule has 4 rings (SSSR count). The third kappa shape index (κ3) is 6.05. The summed E-state index contributed by atoms with van der Waals surface area (Å²) in [7, 11) is 0. The van der Waals surface area contributed by atoms with Crippen LogP contribution in [-0.4, -0.2) is 52.2 Å². The fourth-order valence-corrected chi connectivity index (χ4v) is 4.31. The quantitative estimate of drug-likeness (QED) is 0.609. The number of benzene rings is 2. The van der Waals surface area contributed by atoms with Gasteiger partial charge >= 0.3 is 0 Å². The van der Waals surface area contributed by atoms with Gasteiger partial charge in [0.25, 0.3) is 0 Å². The number of hydrogen-bond acceptors (Lipinski definition) is 4. The summed E-state index contributed by atoms with van der Waals surface area (Å²) in [4.78, 5) is 9.63. The van der Waals surface area contributed by atoms with E-state index in [1.807, 2.05) is 43.3 Å². The third-order valence-electron chi connectivity index (χ3n) is 5.99. The van der Waals surface area contributed by atoms with E-state index < -0.39 is 0 Å². The summed E-state index contributed by atoms with van der Waals surface area (Å²) in [5.74, 6) is 6.66. The summed E-state index contributed by atoms with van der Waals surface area (Å²) >= 11 is 0. The molecule has 32 heavy (non-hydrogen) atoms. The molecule has 1 saturated heterocycles. The fourth-order valence-electron chi connectivity index (χ4n) is 4.31. The van der Waals surface area contributed by atoms with Crippen molar-refractivity contribution in [3.63, 3.8) is 0 Å². The highest BCUT2D eigenvalue weighted by atomic mass is 16.3. The predicted octanol–water partition coefficient (Wildman–Crippen LogP) is 3.86. The number of piperazine rings is 1. The number of rotatable bonds is 6. The summed E-state index contributed by atoms with van der Waals surface area (Å²) in [5, 5.41) is 9.67. The van der Waals surface area contributed by atoms with Crippen molar-refractivity contribution in [3.8, 4) is 11.8 Å². The van der Waals surface area contributed by atoms with Gasteiger partial charge in [-0.15, -0.1) is 0 Å². The molecule has 0 saturated carbocycles. The highest BCUT2D eigenvalue weighted by Gasteiger charge is 2.27. The van der Waals surface area contributed by atoms with Crippen LogP contribution >= 0.6 is 0 Å². The molecular formula is C28H31N3O. The van der Waals surface area contributed by atoms with Crippen molar-refractivity contribution in [2.75, 3.05) is 26.2 Å². The molecule has 1 fully saturated rings. The Morgan fingerprint density at radius 2 is 1.72 bits per heavy atom. The van der Waals surface area contributed by atoms with Crippen LogP contribution in [0.1, 0.15) is 34.5 Å². The van der Waals surface area contributed by atoms with E-state index >= 15 is 0 Å². The molecule has 0 spiro atoms. The van der Waals surface area contributed by atoms with E-state index in [1.165, 1.54) is 5.56 Å². The topological polar surface area (TPSA) is 39.6 Å². The predicted molar refractivity (Wildman–Crippen MR) is 129 cm³/mol. The van der Waals surface area contributed by atoms with Gasteiger partial charge < -0.3 is 5.11 Å². The Morgan fingerprint density at radius 1 is 0.906 bits per heavy atom. The van der Waals surface area contributed by atoms with Gasteiger partial charge in [0.05, 0.1) is 5.69 Å². The zero-order valence-electron chi connectivity index (χ0n) is 18.7. The van der Waals surface area contributed by atoms with E-state index in [2.05, 4.69) is 63.0 Å². The number of aliphatic hydroxyl groups is 1. The van der Waals surface area contributed by atoms with Crippen LogP contribution in [0.4, 0.5) is 0 Å². The lowest BCUT2D eigenvalue weighted by atomic mass is 10.0. The van der Waals surface area contributed by atoms with Gasteiger partial charge in [-0.1, -0.05) is 54.3 Å². The first kappa shape index (κ1) is 22.2. The first-order valence-electron chi connectivity index (χ1n) is 11.4. The van der Waals surface area contributed by atoms with Gasteiger partial charge in [0.1, 0.15) is 0 Å². The number of aryl methyl sites for hydroxylation is 1. The molecule has 1 unspecified atom stereocenters. The maximum absolute atomic E-state index is 9.67. The average molecular weight is 426 g/mol. The van der Waals surface area contributed by atoms with Crippen LogP contribution in [0, 0.1) is 18.8 Å². The van der Waals surface area contributed by atoms with E-state index in [0.29, 0.717) is 6.04 Å². The highest BCUT2D eigenvalue weighted by Crippen LogP contribution is 2.19. The van der Waals surface area contributed by atoms with Crippen molar-refractivity contribution >= 4 is 0 Å². The standard InChI is InChI=1S/C28H31N3O/c1-23-8-7-13-27(29-23)21-31-18-17-30(22-28(31)16-19-32)20-26-12-6-5-11-25(26)15-14-24-9-3-2-4-10-24/h2-13,28,32H,16-22H2,1H3. The number of aromatic nitrogens is 1. The molecule has 2 heterocycles. The van der Waals surface area contributed by atoms with Gasteiger partial charge in [-0.25, -0.2) is 0 Å². The van der Waals surface area contributed by atoms with Crippen molar-refractivity contribution in [1.29, 1.82) is 0 Å². The molecule has 0 radical (unpaired) electrons. The lowest BCUT2D eigenvalue weighted by Crippen LogP contribution is -2.52. The van der Waals surface area contributed by atoms with Gasteiger partial charge in [-0.05, 0) is 49.2 Å². The monoisotopic (exact) mass is 425 g/mol. The number of aliphatic hydroxyl groups excluding tert-OH is 1. The molecule has 1 N–H and O–H groups in total. The average Bonchev–Trinajstić information content (AvgIpc) is 2.81. The Balaban J connectivity index is 1.44. The van der Waals surface area contributed by atoms with Crippen LogP contribution in [0.5, 0.6) is 0 Å². The molecule has 3 aromatic rings. The smallest absolute Gasteiger partial charge is 0.0547 e. The molecule has 1 aliphatic rings. The Morgan fingerprint density at radius 3 is 2.53 bits per heavy atom. The highest BCUT2D eigenvalue weighted by molar-refractivity contribution is 5.46. The van der Waals surface area contributed by atoms with Gasteiger partial charge in [0.15, 0.2) is 0 Å². The van der Waals surface area contributed by atoms with Crippen molar-refractivity contribution < 1.29 is 5.11 Å². The normalized spacial score (nSPS) is 17.0. The minimum atomic E-state index is 0.204. The van der Waals surface area contributed by atoms with Gasteiger partial charge in [-0.3, -0.25) is 14.8 Å². The summed E-state index contributed by atoms with van der Waals surface area (Å²) in [6.45, 7) is 6.84. The lowest BCUT2D eigenvalue weighted by molar-refractivity contribution is 0.0491. The fraction of sp³-hybridized carbons (Fsp3) is 0.321. The van der Waals surface area contributed by atoms with E-state index in [4.69, 9.17) is 0 Å². The van der Waals surface area contributed by atoms with Crippen LogP contribution < -0.4 is 0 Å². The molecule has 4 heteroatoms. The Bertz CT molecular complexity index is 1070. The molecular weight excluding hydrogens is 394 g/mol. The zero-order chi connectivity index (χ0) is 22.2. The SMILES string of the molecule is Cc1cccc(CN2CCN(Cc3ccccc3C#Cc3ccccc3)CC2CCO)n1. The summed E-state index contributed by atoms with van der Waals surface area (Å²) < 4.78 is 0. The largest absolute Gasteiger partial charge is 0.396 e. The second kappa shape index (κ2) is 11.1. The number of nitrogens with zero attached hydrogens (tertiary/aromatic N) is 3. The molecule has 164 valence electrons. The van der Waals surface area contributed by atoms with Crippen molar-refractivity contribution in [1.82, 2.24) is 14.8 Å². The first-order valence-corrected chi connectivity index (χ1v) is 11.4. The van der Waals surface area contributed by atoms with Gasteiger partial charge in [0, 0.05) is 62.2 Å².